The van der Waals surface area contributed by atoms with Crippen molar-refractivity contribution in [2.45, 2.75) is 33.1 Å². The Bertz CT molecular complexity index is 1060. The number of carbonyl (C=O) groups excluding carboxylic acids is 1. The van der Waals surface area contributed by atoms with Crippen LogP contribution in [0.15, 0.2) is 45.6 Å². The first kappa shape index (κ1) is 15.6. The van der Waals surface area contributed by atoms with Gasteiger partial charge in [-0.2, -0.15) is 0 Å². The minimum absolute atomic E-state index is 0.136. The molecule has 126 valence electrons. The minimum Gasteiger partial charge on any atom is -0.425 e. The molecular formula is C21H18O4. The first-order valence-electron chi connectivity index (χ1n) is 8.30. The molecule has 1 unspecified atom stereocenters. The monoisotopic (exact) mass is 334 g/mol. The van der Waals surface area contributed by atoms with Crippen molar-refractivity contribution in [2.75, 3.05) is 0 Å². The molecule has 25 heavy (non-hydrogen) atoms. The van der Waals surface area contributed by atoms with E-state index in [1.165, 1.54) is 0 Å². The van der Waals surface area contributed by atoms with Gasteiger partial charge in [-0.25, -0.2) is 4.79 Å². The molecule has 0 amide bonds. The van der Waals surface area contributed by atoms with Crippen molar-refractivity contribution < 1.29 is 13.9 Å². The second-order valence-electron chi connectivity index (χ2n) is 6.61. The number of esters is 1. The predicted octanol–water partition coefficient (Wildman–Crippen LogP) is 4.16. The van der Waals surface area contributed by atoms with Crippen LogP contribution >= 0.6 is 0 Å². The van der Waals surface area contributed by atoms with Gasteiger partial charge in [-0.3, -0.25) is 4.79 Å². The minimum atomic E-state index is -0.433. The smallest absolute Gasteiger partial charge is 0.343 e. The molecule has 2 heterocycles. The Morgan fingerprint density at radius 1 is 1.00 bits per heavy atom. The second kappa shape index (κ2) is 5.59. The quantitative estimate of drug-likeness (QED) is 0.495. The van der Waals surface area contributed by atoms with Crippen LogP contribution < -0.4 is 10.4 Å². The van der Waals surface area contributed by atoms with Crippen molar-refractivity contribution in [1.29, 1.82) is 0 Å². The number of ether oxygens (including phenoxy) is 1. The lowest BCUT2D eigenvalue weighted by Gasteiger charge is -2.25. The molecule has 0 saturated carbocycles. The highest BCUT2D eigenvalue weighted by Crippen LogP contribution is 2.42. The lowest BCUT2D eigenvalue weighted by molar-refractivity contribution is -0.135. The maximum Gasteiger partial charge on any atom is 0.343 e. The van der Waals surface area contributed by atoms with Gasteiger partial charge in [-0.15, -0.1) is 0 Å². The van der Waals surface area contributed by atoms with E-state index in [2.05, 4.69) is 0 Å². The Kier molecular flexibility index (Phi) is 3.49. The molecule has 1 aliphatic heterocycles. The maximum absolute atomic E-state index is 12.8. The van der Waals surface area contributed by atoms with Crippen molar-refractivity contribution in [1.82, 2.24) is 0 Å². The van der Waals surface area contributed by atoms with Crippen LogP contribution in [-0.2, 0) is 4.79 Å². The average molecular weight is 334 g/mol. The summed E-state index contributed by atoms with van der Waals surface area (Å²) in [6, 6.07) is 11.6. The van der Waals surface area contributed by atoms with Gasteiger partial charge in [0.25, 0.3) is 0 Å². The molecule has 0 spiro atoms. The van der Waals surface area contributed by atoms with Crippen LogP contribution in [0.3, 0.4) is 0 Å². The van der Waals surface area contributed by atoms with Gasteiger partial charge in [0.05, 0.1) is 17.4 Å². The van der Waals surface area contributed by atoms with E-state index in [9.17, 15) is 9.59 Å². The van der Waals surface area contributed by atoms with E-state index in [1.54, 1.807) is 0 Å². The third kappa shape index (κ3) is 2.37. The van der Waals surface area contributed by atoms with E-state index in [0.29, 0.717) is 22.3 Å². The first-order chi connectivity index (χ1) is 12.0. The summed E-state index contributed by atoms with van der Waals surface area (Å²) in [5, 5.41) is 0.715. The summed E-state index contributed by atoms with van der Waals surface area (Å²) in [7, 11) is 0. The van der Waals surface area contributed by atoms with E-state index in [0.717, 1.165) is 22.3 Å². The number of benzene rings is 2. The lowest BCUT2D eigenvalue weighted by atomic mass is 9.86. The molecule has 1 aromatic heterocycles. The van der Waals surface area contributed by atoms with Crippen LogP contribution in [0.2, 0.25) is 0 Å². The van der Waals surface area contributed by atoms with Gasteiger partial charge in [0.1, 0.15) is 5.58 Å². The van der Waals surface area contributed by atoms with Crippen molar-refractivity contribution in [2.24, 2.45) is 0 Å². The molecule has 1 atom stereocenters. The highest BCUT2D eigenvalue weighted by atomic mass is 16.5. The van der Waals surface area contributed by atoms with E-state index in [-0.39, 0.29) is 18.3 Å². The molecule has 4 rings (SSSR count). The van der Waals surface area contributed by atoms with Gasteiger partial charge < -0.3 is 9.15 Å². The van der Waals surface area contributed by atoms with Crippen LogP contribution in [0.25, 0.3) is 11.0 Å². The molecule has 0 radical (unpaired) electrons. The van der Waals surface area contributed by atoms with Crippen LogP contribution in [0.5, 0.6) is 5.75 Å². The second-order valence-corrected chi connectivity index (χ2v) is 6.61. The third-order valence-corrected chi connectivity index (χ3v) is 5.01. The van der Waals surface area contributed by atoms with Crippen LogP contribution in [-0.4, -0.2) is 5.97 Å². The fourth-order valence-corrected chi connectivity index (χ4v) is 3.64. The summed E-state index contributed by atoms with van der Waals surface area (Å²) in [4.78, 5) is 25.1. The van der Waals surface area contributed by atoms with Gasteiger partial charge in [-0.1, -0.05) is 36.4 Å². The highest BCUT2D eigenvalue weighted by molar-refractivity contribution is 5.94. The highest BCUT2D eigenvalue weighted by Gasteiger charge is 2.34. The summed E-state index contributed by atoms with van der Waals surface area (Å²) in [6.45, 7) is 5.82. The van der Waals surface area contributed by atoms with E-state index in [4.69, 9.17) is 9.15 Å². The van der Waals surface area contributed by atoms with Gasteiger partial charge >= 0.3 is 11.6 Å². The van der Waals surface area contributed by atoms with Crippen molar-refractivity contribution in [3.05, 3.63) is 74.6 Å². The SMILES string of the molecule is Cc1cc(C)c2c3c(c(=O)oc2c1C)C(c1ccccc1)CC(=O)O3. The zero-order chi connectivity index (χ0) is 17.7. The number of carbonyl (C=O) groups is 1. The predicted molar refractivity (Wildman–Crippen MR) is 95.2 cm³/mol. The van der Waals surface area contributed by atoms with Crippen LogP contribution in [0, 0.1) is 20.8 Å². The molecule has 0 aliphatic carbocycles. The molecule has 0 saturated heterocycles. The topological polar surface area (TPSA) is 56.5 Å². The van der Waals surface area contributed by atoms with Gasteiger partial charge in [0, 0.05) is 5.92 Å². The fourth-order valence-electron chi connectivity index (χ4n) is 3.64. The molecule has 4 heteroatoms. The molecule has 1 aliphatic rings. The first-order valence-corrected chi connectivity index (χ1v) is 8.30. The standard InChI is InChI=1S/C21H18O4/c1-11-9-12(2)17-19(13(11)3)25-21(23)18-15(10-16(22)24-20(17)18)14-7-5-4-6-8-14/h4-9,15H,10H2,1-3H3. The number of fused-ring (bicyclic) bond motifs is 3. The maximum atomic E-state index is 12.8. The van der Waals surface area contributed by atoms with E-state index >= 15 is 0 Å². The van der Waals surface area contributed by atoms with Crippen LogP contribution in [0.4, 0.5) is 0 Å². The summed E-state index contributed by atoms with van der Waals surface area (Å²) in [6.07, 6.45) is 0.136. The molecule has 3 aromatic rings. The number of hydrogen-bond donors (Lipinski definition) is 0. The van der Waals surface area contributed by atoms with Crippen LogP contribution in [0.1, 0.15) is 40.2 Å². The summed E-state index contributed by atoms with van der Waals surface area (Å²) in [5.74, 6) is -0.318. The van der Waals surface area contributed by atoms with Crippen molar-refractivity contribution in [3.63, 3.8) is 0 Å². The summed E-state index contributed by atoms with van der Waals surface area (Å²) in [5.41, 5.74) is 4.27. The Morgan fingerprint density at radius 2 is 1.72 bits per heavy atom. The molecule has 0 N–H and O–H groups in total. The normalized spacial score (nSPS) is 16.6. The zero-order valence-electron chi connectivity index (χ0n) is 14.4. The van der Waals surface area contributed by atoms with Gasteiger partial charge in [0.2, 0.25) is 0 Å². The molecule has 2 aromatic carbocycles. The number of aryl methyl sites for hydroxylation is 3. The molecule has 0 bridgehead atoms. The lowest BCUT2D eigenvalue weighted by Crippen LogP contribution is -2.27. The Balaban J connectivity index is 2.10. The molecule has 4 nitrogen and oxygen atoms in total. The van der Waals surface area contributed by atoms with E-state index < -0.39 is 5.63 Å². The largest absolute Gasteiger partial charge is 0.425 e. The van der Waals surface area contributed by atoms with Crippen molar-refractivity contribution in [3.8, 4) is 5.75 Å². The Hall–Kier alpha value is -2.88. The Morgan fingerprint density at radius 3 is 2.44 bits per heavy atom. The zero-order valence-corrected chi connectivity index (χ0v) is 14.4. The summed E-state index contributed by atoms with van der Waals surface area (Å²) >= 11 is 0. The third-order valence-electron chi connectivity index (χ3n) is 5.01. The Labute approximate surface area is 145 Å². The fraction of sp³-hybridized carbons (Fsp3) is 0.238. The van der Waals surface area contributed by atoms with Gasteiger partial charge in [-0.05, 0) is 43.0 Å². The average Bonchev–Trinajstić information content (AvgIpc) is 2.59. The van der Waals surface area contributed by atoms with Gasteiger partial charge in [0.15, 0.2) is 5.75 Å². The number of hydrogen-bond acceptors (Lipinski definition) is 4. The van der Waals surface area contributed by atoms with E-state index in [1.807, 2.05) is 57.2 Å². The van der Waals surface area contributed by atoms with Crippen molar-refractivity contribution >= 4 is 16.9 Å². The summed E-state index contributed by atoms with van der Waals surface area (Å²) < 4.78 is 11.2. The molecule has 0 fully saturated rings. The molecular weight excluding hydrogens is 316 g/mol. The number of rotatable bonds is 1.